The molecule has 1 N–H and O–H groups in total. The summed E-state index contributed by atoms with van der Waals surface area (Å²) in [4.78, 5) is 14.8. The van der Waals surface area contributed by atoms with Crippen molar-refractivity contribution in [2.75, 3.05) is 7.05 Å². The molecule has 74 valence electrons. The quantitative estimate of drug-likeness (QED) is 0.405. The normalized spacial score (nSPS) is 14.5. The molecular weight excluding hydrogens is 166 g/mol. The van der Waals surface area contributed by atoms with Gasteiger partial charge in [0.15, 0.2) is 5.78 Å². The predicted molar refractivity (Wildman–Crippen MR) is 54.2 cm³/mol. The van der Waals surface area contributed by atoms with Crippen molar-refractivity contribution in [1.82, 2.24) is 0 Å². The number of aliphatic imine (C=N–C) groups is 1. The topological polar surface area (TPSA) is 49.7 Å². The second kappa shape index (κ2) is 4.21. The molecule has 0 aromatic heterocycles. The SMILES string of the molecule is CN=CC(C(C)=O)=C(O)C(C)(C)C. The molecule has 0 aliphatic carbocycles. The van der Waals surface area contributed by atoms with E-state index in [9.17, 15) is 9.90 Å². The summed E-state index contributed by atoms with van der Waals surface area (Å²) in [5, 5.41) is 9.71. The first-order chi connectivity index (χ1) is 5.80. The number of hydrogen-bond donors (Lipinski definition) is 1. The lowest BCUT2D eigenvalue weighted by Gasteiger charge is -2.19. The van der Waals surface area contributed by atoms with Gasteiger partial charge in [-0.15, -0.1) is 0 Å². The van der Waals surface area contributed by atoms with E-state index in [1.807, 2.05) is 20.8 Å². The standard InChI is InChI=1S/C10H17NO2/c1-7(12)8(6-11-5)9(13)10(2,3)4/h6,13H,1-5H3. The van der Waals surface area contributed by atoms with Crippen LogP contribution in [0.1, 0.15) is 27.7 Å². The molecule has 0 aromatic carbocycles. The highest BCUT2D eigenvalue weighted by Gasteiger charge is 2.21. The summed E-state index contributed by atoms with van der Waals surface area (Å²) in [6.45, 7) is 6.94. The van der Waals surface area contributed by atoms with Gasteiger partial charge in [0.25, 0.3) is 0 Å². The van der Waals surface area contributed by atoms with E-state index >= 15 is 0 Å². The van der Waals surface area contributed by atoms with E-state index in [0.717, 1.165) is 0 Å². The molecule has 3 heteroatoms. The van der Waals surface area contributed by atoms with Crippen molar-refractivity contribution >= 4 is 12.0 Å². The zero-order chi connectivity index (χ0) is 10.6. The molecule has 0 aromatic rings. The Hall–Kier alpha value is -1.12. The molecule has 0 unspecified atom stereocenters. The molecule has 0 bridgehead atoms. The molecule has 0 atom stereocenters. The van der Waals surface area contributed by atoms with Gasteiger partial charge in [-0.1, -0.05) is 20.8 Å². The first-order valence-corrected chi connectivity index (χ1v) is 4.17. The molecular formula is C10H17NO2. The smallest absolute Gasteiger partial charge is 0.164 e. The van der Waals surface area contributed by atoms with E-state index in [-0.39, 0.29) is 17.1 Å². The minimum Gasteiger partial charge on any atom is -0.511 e. The molecule has 0 saturated carbocycles. The third-order valence-electron chi connectivity index (χ3n) is 1.60. The Morgan fingerprint density at radius 1 is 1.38 bits per heavy atom. The van der Waals surface area contributed by atoms with Gasteiger partial charge >= 0.3 is 0 Å². The number of carbonyl (C=O) groups excluding carboxylic acids is 1. The summed E-state index contributed by atoms with van der Waals surface area (Å²) in [5.41, 5.74) is -0.127. The fourth-order valence-electron chi connectivity index (χ4n) is 0.852. The highest BCUT2D eigenvalue weighted by Crippen LogP contribution is 2.25. The highest BCUT2D eigenvalue weighted by molar-refractivity contribution is 6.12. The Kier molecular flexibility index (Phi) is 3.85. The van der Waals surface area contributed by atoms with Gasteiger partial charge in [0.1, 0.15) is 5.76 Å². The Bertz CT molecular complexity index is 257. The van der Waals surface area contributed by atoms with Crippen molar-refractivity contribution in [1.29, 1.82) is 0 Å². The molecule has 13 heavy (non-hydrogen) atoms. The molecule has 0 radical (unpaired) electrons. The van der Waals surface area contributed by atoms with Gasteiger partial charge in [-0.05, 0) is 6.92 Å². The van der Waals surface area contributed by atoms with Crippen LogP contribution >= 0.6 is 0 Å². The van der Waals surface area contributed by atoms with Crippen LogP contribution in [0.25, 0.3) is 0 Å². The molecule has 3 nitrogen and oxygen atoms in total. The van der Waals surface area contributed by atoms with Crippen molar-refractivity contribution < 1.29 is 9.90 Å². The Morgan fingerprint density at radius 3 is 2.08 bits per heavy atom. The minimum absolute atomic E-state index is 0.0885. The zero-order valence-corrected chi connectivity index (χ0v) is 8.88. The van der Waals surface area contributed by atoms with E-state index in [0.29, 0.717) is 0 Å². The zero-order valence-electron chi connectivity index (χ0n) is 8.88. The lowest BCUT2D eigenvalue weighted by Crippen LogP contribution is -2.15. The van der Waals surface area contributed by atoms with Crippen LogP contribution in [0.15, 0.2) is 16.3 Å². The number of hydrogen-bond acceptors (Lipinski definition) is 3. The van der Waals surface area contributed by atoms with Gasteiger partial charge < -0.3 is 5.11 Å². The van der Waals surface area contributed by atoms with E-state index in [1.165, 1.54) is 13.1 Å². The number of ketones is 1. The maximum Gasteiger partial charge on any atom is 0.164 e. The first kappa shape index (κ1) is 11.9. The van der Waals surface area contributed by atoms with Crippen LogP contribution < -0.4 is 0 Å². The summed E-state index contributed by atoms with van der Waals surface area (Å²) < 4.78 is 0. The lowest BCUT2D eigenvalue weighted by atomic mass is 9.90. The van der Waals surface area contributed by atoms with Crippen LogP contribution in [0, 0.1) is 5.41 Å². The fraction of sp³-hybridized carbons (Fsp3) is 0.600. The van der Waals surface area contributed by atoms with Gasteiger partial charge in [-0.2, -0.15) is 0 Å². The molecule has 0 aliphatic heterocycles. The molecule has 0 spiro atoms. The fourth-order valence-corrected chi connectivity index (χ4v) is 0.852. The second-order valence-electron chi connectivity index (χ2n) is 3.96. The monoisotopic (exact) mass is 183 g/mol. The molecule has 0 heterocycles. The van der Waals surface area contributed by atoms with Crippen LogP contribution in [0.2, 0.25) is 0 Å². The molecule has 0 fully saturated rings. The summed E-state index contributed by atoms with van der Waals surface area (Å²) in [6.07, 6.45) is 1.39. The summed E-state index contributed by atoms with van der Waals surface area (Å²) in [5.74, 6) is -0.0800. The van der Waals surface area contributed by atoms with Crippen molar-refractivity contribution in [3.8, 4) is 0 Å². The summed E-state index contributed by atoms with van der Waals surface area (Å²) in [7, 11) is 1.57. The predicted octanol–water partition coefficient (Wildman–Crippen LogP) is 2.13. The van der Waals surface area contributed by atoms with Gasteiger partial charge in [0.2, 0.25) is 0 Å². The minimum atomic E-state index is -0.414. The number of aliphatic hydroxyl groups excluding tert-OH is 1. The van der Waals surface area contributed by atoms with Gasteiger partial charge in [-0.25, -0.2) is 0 Å². The van der Waals surface area contributed by atoms with Gasteiger partial charge in [0.05, 0.1) is 5.57 Å². The second-order valence-corrected chi connectivity index (χ2v) is 3.96. The highest BCUT2D eigenvalue weighted by atomic mass is 16.3. The van der Waals surface area contributed by atoms with Crippen LogP contribution in [0.5, 0.6) is 0 Å². The Morgan fingerprint density at radius 2 is 1.85 bits per heavy atom. The molecule has 0 rings (SSSR count). The van der Waals surface area contributed by atoms with Crippen molar-refractivity contribution in [3.05, 3.63) is 11.3 Å². The Labute approximate surface area is 79.2 Å². The maximum atomic E-state index is 11.1. The van der Waals surface area contributed by atoms with Crippen LogP contribution in [-0.2, 0) is 4.79 Å². The average Bonchev–Trinajstić information content (AvgIpc) is 1.96. The number of carbonyl (C=O) groups is 1. The number of allylic oxidation sites excluding steroid dienone is 2. The van der Waals surface area contributed by atoms with Gasteiger partial charge in [-0.3, -0.25) is 9.79 Å². The van der Waals surface area contributed by atoms with Crippen molar-refractivity contribution in [2.24, 2.45) is 10.4 Å². The Balaban J connectivity index is 5.22. The number of aliphatic hydroxyl groups is 1. The number of nitrogens with zero attached hydrogens (tertiary/aromatic N) is 1. The summed E-state index contributed by atoms with van der Waals surface area (Å²) in [6, 6.07) is 0. The van der Waals surface area contributed by atoms with E-state index < -0.39 is 5.41 Å². The van der Waals surface area contributed by atoms with E-state index in [2.05, 4.69) is 4.99 Å². The van der Waals surface area contributed by atoms with Crippen LogP contribution in [-0.4, -0.2) is 24.2 Å². The van der Waals surface area contributed by atoms with Crippen molar-refractivity contribution in [3.63, 3.8) is 0 Å². The average molecular weight is 183 g/mol. The van der Waals surface area contributed by atoms with Crippen molar-refractivity contribution in [2.45, 2.75) is 27.7 Å². The van der Waals surface area contributed by atoms with Crippen LogP contribution in [0.4, 0.5) is 0 Å². The lowest BCUT2D eigenvalue weighted by molar-refractivity contribution is -0.113. The van der Waals surface area contributed by atoms with Gasteiger partial charge in [0, 0.05) is 18.7 Å². The molecule has 0 aliphatic rings. The first-order valence-electron chi connectivity index (χ1n) is 4.17. The maximum absolute atomic E-state index is 11.1. The third-order valence-corrected chi connectivity index (χ3v) is 1.60. The largest absolute Gasteiger partial charge is 0.511 e. The third kappa shape index (κ3) is 3.40. The van der Waals surface area contributed by atoms with E-state index in [4.69, 9.17) is 0 Å². The van der Waals surface area contributed by atoms with Crippen LogP contribution in [0.3, 0.4) is 0 Å². The summed E-state index contributed by atoms with van der Waals surface area (Å²) >= 11 is 0. The molecule has 0 amide bonds. The molecule has 0 saturated heterocycles. The van der Waals surface area contributed by atoms with E-state index in [1.54, 1.807) is 7.05 Å². The number of Topliss-reactive ketones (excluding diaryl/α,β-unsaturated/α-hetero) is 1. The number of rotatable bonds is 2.